The highest BCUT2D eigenvalue weighted by atomic mass is 79.9. The van der Waals surface area contributed by atoms with Crippen LogP contribution in [0.25, 0.3) is 0 Å². The zero-order chi connectivity index (χ0) is 14.9. The molecule has 2 rings (SSSR count). The van der Waals surface area contributed by atoms with Crippen molar-refractivity contribution in [1.29, 1.82) is 0 Å². The predicted molar refractivity (Wildman–Crippen MR) is 90.6 cm³/mol. The van der Waals surface area contributed by atoms with Crippen molar-refractivity contribution < 1.29 is 9.13 Å². The van der Waals surface area contributed by atoms with Gasteiger partial charge in [0, 0.05) is 16.1 Å². The minimum Gasteiger partial charge on any atom is -0.496 e. The summed E-state index contributed by atoms with van der Waals surface area (Å²) in [4.78, 5) is -0.136. The zero-order valence-electron chi connectivity index (χ0n) is 10.3. The second-order valence-electron chi connectivity index (χ2n) is 4.04. The molecule has 1 atom stereocenters. The molecular weight excluding hydrogens is 478 g/mol. The lowest BCUT2D eigenvalue weighted by atomic mass is 10.0. The minimum absolute atomic E-state index is 0.136. The Kier molecular flexibility index (Phi) is 5.51. The summed E-state index contributed by atoms with van der Waals surface area (Å²) in [6.45, 7) is 0. The van der Waals surface area contributed by atoms with Crippen LogP contribution in [0.15, 0.2) is 39.3 Å². The highest BCUT2D eigenvalue weighted by Crippen LogP contribution is 2.40. The van der Waals surface area contributed by atoms with Gasteiger partial charge in [-0.1, -0.05) is 33.6 Å². The van der Waals surface area contributed by atoms with E-state index in [4.69, 9.17) is 16.3 Å². The van der Waals surface area contributed by atoms with Gasteiger partial charge in [0.15, 0.2) is 0 Å². The van der Waals surface area contributed by atoms with Crippen LogP contribution in [0.3, 0.4) is 0 Å². The molecule has 0 amide bonds. The van der Waals surface area contributed by atoms with Gasteiger partial charge in [0.2, 0.25) is 0 Å². The summed E-state index contributed by atoms with van der Waals surface area (Å²) in [7, 11) is 1.52. The Morgan fingerprint density at radius 3 is 2.45 bits per heavy atom. The van der Waals surface area contributed by atoms with Gasteiger partial charge in [0.05, 0.1) is 21.4 Å². The van der Waals surface area contributed by atoms with E-state index in [1.165, 1.54) is 13.2 Å². The largest absolute Gasteiger partial charge is 0.496 e. The molecule has 0 aliphatic carbocycles. The third kappa shape index (κ3) is 3.38. The quantitative estimate of drug-likeness (QED) is 0.450. The molecule has 2 aromatic rings. The molecule has 0 spiro atoms. The Balaban J connectivity index is 2.49. The Labute approximate surface area is 146 Å². The standard InChI is InChI=1S/C14H9Br3ClFO/c1-20-13-6-12(19)10(16)5-8(13)14(17)7-2-3-11(18)9(15)4-7/h2-6,14H,1H3. The van der Waals surface area contributed by atoms with Crippen LogP contribution in [0.5, 0.6) is 5.75 Å². The lowest BCUT2D eigenvalue weighted by Crippen LogP contribution is -1.99. The smallest absolute Gasteiger partial charge is 0.141 e. The average Bonchev–Trinajstić information content (AvgIpc) is 2.43. The molecule has 1 unspecified atom stereocenters. The number of methoxy groups -OCH3 is 1. The first-order valence-electron chi connectivity index (χ1n) is 5.56. The molecule has 0 aliphatic rings. The average molecular weight is 487 g/mol. The van der Waals surface area contributed by atoms with Gasteiger partial charge in [-0.05, 0) is 55.6 Å². The van der Waals surface area contributed by atoms with Crippen LogP contribution in [0.4, 0.5) is 4.39 Å². The van der Waals surface area contributed by atoms with Crippen molar-refractivity contribution >= 4 is 59.4 Å². The molecule has 106 valence electrons. The van der Waals surface area contributed by atoms with Gasteiger partial charge in [-0.2, -0.15) is 0 Å². The lowest BCUT2D eigenvalue weighted by Gasteiger charge is -2.16. The van der Waals surface area contributed by atoms with Crippen LogP contribution in [-0.2, 0) is 0 Å². The highest BCUT2D eigenvalue weighted by molar-refractivity contribution is 9.11. The fourth-order valence-electron chi connectivity index (χ4n) is 1.77. The molecule has 1 nitrogen and oxygen atoms in total. The third-order valence-electron chi connectivity index (χ3n) is 2.78. The molecule has 6 heteroatoms. The summed E-state index contributed by atoms with van der Waals surface area (Å²) in [6, 6.07) is 8.69. The second-order valence-corrected chi connectivity index (χ2v) is 7.08. The van der Waals surface area contributed by atoms with E-state index >= 15 is 0 Å². The van der Waals surface area contributed by atoms with Crippen molar-refractivity contribution in [3.63, 3.8) is 0 Å². The van der Waals surface area contributed by atoms with Crippen molar-refractivity contribution in [1.82, 2.24) is 0 Å². The number of halogens is 5. The fraction of sp³-hybridized carbons (Fsp3) is 0.143. The summed E-state index contributed by atoms with van der Waals surface area (Å²) in [5.74, 6) is 0.126. The van der Waals surface area contributed by atoms with Gasteiger partial charge in [0.25, 0.3) is 0 Å². The molecule has 0 saturated carbocycles. The van der Waals surface area contributed by atoms with Crippen molar-refractivity contribution in [2.45, 2.75) is 4.83 Å². The van der Waals surface area contributed by atoms with E-state index in [2.05, 4.69) is 47.8 Å². The summed E-state index contributed by atoms with van der Waals surface area (Å²) >= 11 is 16.2. The molecule has 0 radical (unpaired) electrons. The highest BCUT2D eigenvalue weighted by Gasteiger charge is 2.18. The molecule has 0 heterocycles. The number of benzene rings is 2. The Hall–Kier alpha value is -0.100. The van der Waals surface area contributed by atoms with E-state index < -0.39 is 0 Å². The molecule has 0 aromatic heterocycles. The number of hydrogen-bond donors (Lipinski definition) is 0. The number of ether oxygens (including phenoxy) is 1. The normalized spacial score (nSPS) is 12.3. The van der Waals surface area contributed by atoms with Crippen LogP contribution >= 0.6 is 59.4 Å². The first kappa shape index (κ1) is 16.3. The molecule has 20 heavy (non-hydrogen) atoms. The maximum Gasteiger partial charge on any atom is 0.141 e. The Morgan fingerprint density at radius 1 is 1.15 bits per heavy atom. The molecular formula is C14H9Br3ClFO. The molecule has 0 aliphatic heterocycles. The maximum atomic E-state index is 13.6. The van der Waals surface area contributed by atoms with Gasteiger partial charge in [-0.3, -0.25) is 0 Å². The minimum atomic E-state index is -0.359. The molecule has 0 saturated heterocycles. The van der Waals surface area contributed by atoms with Crippen molar-refractivity contribution in [3.8, 4) is 5.75 Å². The zero-order valence-corrected chi connectivity index (χ0v) is 15.8. The van der Waals surface area contributed by atoms with E-state index in [0.717, 1.165) is 15.6 Å². The monoisotopic (exact) mass is 484 g/mol. The third-order valence-corrected chi connectivity index (χ3v) is 5.63. The van der Waals surface area contributed by atoms with E-state index in [1.54, 1.807) is 12.1 Å². The van der Waals surface area contributed by atoms with Gasteiger partial charge in [0.1, 0.15) is 11.6 Å². The van der Waals surface area contributed by atoms with Crippen molar-refractivity contribution in [3.05, 3.63) is 61.2 Å². The molecule has 0 bridgehead atoms. The summed E-state index contributed by atoms with van der Waals surface area (Å²) < 4.78 is 20.0. The lowest BCUT2D eigenvalue weighted by molar-refractivity contribution is 0.406. The van der Waals surface area contributed by atoms with Crippen LogP contribution < -0.4 is 4.74 Å². The molecule has 0 fully saturated rings. The number of hydrogen-bond acceptors (Lipinski definition) is 1. The van der Waals surface area contributed by atoms with Crippen molar-refractivity contribution in [2.75, 3.05) is 7.11 Å². The van der Waals surface area contributed by atoms with E-state index in [1.807, 2.05) is 12.1 Å². The van der Waals surface area contributed by atoms with Gasteiger partial charge in [-0.25, -0.2) is 4.39 Å². The fourth-order valence-corrected chi connectivity index (χ4v) is 3.29. The molecule has 2 aromatic carbocycles. The SMILES string of the molecule is COc1cc(F)c(Br)cc1C(Br)c1ccc(Cl)c(Br)c1. The Morgan fingerprint density at radius 2 is 1.85 bits per heavy atom. The molecule has 0 N–H and O–H groups in total. The van der Waals surface area contributed by atoms with Crippen LogP contribution in [0.1, 0.15) is 16.0 Å². The summed E-state index contributed by atoms with van der Waals surface area (Å²) in [6.07, 6.45) is 0. The van der Waals surface area contributed by atoms with E-state index in [9.17, 15) is 4.39 Å². The van der Waals surface area contributed by atoms with Crippen molar-refractivity contribution in [2.24, 2.45) is 0 Å². The predicted octanol–water partition coefficient (Wildman–Crippen LogP) is 6.50. The maximum absolute atomic E-state index is 13.6. The topological polar surface area (TPSA) is 9.23 Å². The van der Waals surface area contributed by atoms with Gasteiger partial charge in [-0.15, -0.1) is 0 Å². The Bertz CT molecular complexity index is 649. The first-order chi connectivity index (χ1) is 9.43. The summed E-state index contributed by atoms with van der Waals surface area (Å²) in [5.41, 5.74) is 1.81. The first-order valence-corrected chi connectivity index (χ1v) is 8.44. The van der Waals surface area contributed by atoms with Gasteiger partial charge < -0.3 is 4.74 Å². The van der Waals surface area contributed by atoms with Crippen LogP contribution in [-0.4, -0.2) is 7.11 Å². The summed E-state index contributed by atoms with van der Waals surface area (Å²) in [5, 5.41) is 0.640. The van der Waals surface area contributed by atoms with E-state index in [-0.39, 0.29) is 10.6 Å². The number of rotatable bonds is 3. The van der Waals surface area contributed by atoms with Crippen LogP contribution in [0.2, 0.25) is 5.02 Å². The van der Waals surface area contributed by atoms with E-state index in [0.29, 0.717) is 15.2 Å². The number of alkyl halides is 1. The van der Waals surface area contributed by atoms with Gasteiger partial charge >= 0.3 is 0 Å². The van der Waals surface area contributed by atoms with Crippen LogP contribution in [0, 0.1) is 5.82 Å². The second kappa shape index (κ2) is 6.77.